The van der Waals surface area contributed by atoms with E-state index < -0.39 is 11.7 Å². The normalized spacial score (nSPS) is 20.2. The van der Waals surface area contributed by atoms with E-state index in [4.69, 9.17) is 4.74 Å². The number of rotatable bonds is 6. The molecule has 3 aromatic rings. The Morgan fingerprint density at radius 1 is 1.05 bits per heavy atom. The summed E-state index contributed by atoms with van der Waals surface area (Å²) in [5.41, 5.74) is 2.59. The molecule has 4 heterocycles. The van der Waals surface area contributed by atoms with Crippen molar-refractivity contribution < 1.29 is 22.7 Å². The molecule has 2 aliphatic heterocycles. The van der Waals surface area contributed by atoms with Crippen LogP contribution >= 0.6 is 0 Å². The average molecular weight is 555 g/mol. The van der Waals surface area contributed by atoms with Gasteiger partial charge >= 0.3 is 12.2 Å². The Bertz CT molecular complexity index is 1410. The number of aromatic nitrogens is 3. The molecule has 2 fully saturated rings. The SMILES string of the molecule is COc1nccc(C(F)(F)F)c1N1CCC(N2C(=O)N(Cc3ccccc3C3CC3)c3nn(C)cc3C2C)CC1. The maximum Gasteiger partial charge on any atom is 0.418 e. The van der Waals surface area contributed by atoms with Gasteiger partial charge in [-0.3, -0.25) is 9.58 Å². The molecule has 2 aromatic heterocycles. The van der Waals surface area contributed by atoms with Crippen LogP contribution in [0.3, 0.4) is 0 Å². The summed E-state index contributed by atoms with van der Waals surface area (Å²) in [6.07, 6.45) is 1.92. The number of methoxy groups -OCH3 is 1. The number of carbonyl (C=O) groups excluding carboxylic acids is 1. The maximum atomic E-state index is 14.2. The lowest BCUT2D eigenvalue weighted by Crippen LogP contribution is -2.55. The van der Waals surface area contributed by atoms with Gasteiger partial charge < -0.3 is 14.5 Å². The van der Waals surface area contributed by atoms with Crippen molar-refractivity contribution in [1.82, 2.24) is 19.7 Å². The number of piperidine rings is 1. The maximum absolute atomic E-state index is 14.2. The third-order valence-corrected chi connectivity index (χ3v) is 8.38. The number of urea groups is 1. The molecule has 40 heavy (non-hydrogen) atoms. The zero-order chi connectivity index (χ0) is 28.2. The number of nitrogens with zero attached hydrogens (tertiary/aromatic N) is 6. The van der Waals surface area contributed by atoms with Crippen LogP contribution in [0.5, 0.6) is 5.88 Å². The fourth-order valence-corrected chi connectivity index (χ4v) is 6.29. The van der Waals surface area contributed by atoms with Crippen LogP contribution < -0.4 is 14.5 Å². The van der Waals surface area contributed by atoms with Crippen LogP contribution in [-0.4, -0.2) is 51.9 Å². The Hall–Kier alpha value is -3.76. The Morgan fingerprint density at radius 2 is 1.77 bits per heavy atom. The third kappa shape index (κ3) is 4.65. The lowest BCUT2D eigenvalue weighted by molar-refractivity contribution is -0.137. The van der Waals surface area contributed by atoms with Crippen LogP contribution in [0.4, 0.5) is 29.5 Å². The molecule has 0 bridgehead atoms. The van der Waals surface area contributed by atoms with Crippen LogP contribution in [0.15, 0.2) is 42.7 Å². The number of carbonyl (C=O) groups is 1. The van der Waals surface area contributed by atoms with E-state index in [2.05, 4.69) is 22.2 Å². The van der Waals surface area contributed by atoms with Gasteiger partial charge in [0.05, 0.1) is 25.3 Å². The van der Waals surface area contributed by atoms with Crippen LogP contribution in [0.25, 0.3) is 0 Å². The number of aryl methyl sites for hydroxylation is 1. The molecule has 2 amide bonds. The van der Waals surface area contributed by atoms with Crippen molar-refractivity contribution in [2.75, 3.05) is 30.0 Å². The van der Waals surface area contributed by atoms with E-state index in [1.165, 1.54) is 25.5 Å². The topological polar surface area (TPSA) is 66.7 Å². The Morgan fingerprint density at radius 3 is 2.45 bits per heavy atom. The molecule has 6 rings (SSSR count). The molecule has 1 atom stereocenters. The minimum atomic E-state index is -4.53. The average Bonchev–Trinajstić information content (AvgIpc) is 3.71. The summed E-state index contributed by atoms with van der Waals surface area (Å²) < 4.78 is 48.5. The molecule has 212 valence electrons. The lowest BCUT2D eigenvalue weighted by atomic mass is 9.96. The van der Waals surface area contributed by atoms with Crippen molar-refractivity contribution >= 4 is 17.5 Å². The van der Waals surface area contributed by atoms with E-state index in [1.54, 1.807) is 14.5 Å². The summed E-state index contributed by atoms with van der Waals surface area (Å²) >= 11 is 0. The predicted octanol–water partition coefficient (Wildman–Crippen LogP) is 5.89. The van der Waals surface area contributed by atoms with Gasteiger partial charge in [0, 0.05) is 44.1 Å². The Kier molecular flexibility index (Phi) is 6.62. The fraction of sp³-hybridized carbons (Fsp3) is 0.483. The molecule has 0 spiro atoms. The van der Waals surface area contributed by atoms with Crippen molar-refractivity contribution in [2.45, 2.75) is 63.3 Å². The number of alkyl halides is 3. The summed E-state index contributed by atoms with van der Waals surface area (Å²) in [6.45, 7) is 3.12. The number of amides is 2. The highest BCUT2D eigenvalue weighted by Gasteiger charge is 2.44. The smallest absolute Gasteiger partial charge is 0.418 e. The van der Waals surface area contributed by atoms with Crippen LogP contribution in [-0.2, 0) is 19.8 Å². The Balaban J connectivity index is 1.27. The van der Waals surface area contributed by atoms with Gasteiger partial charge in [-0.15, -0.1) is 0 Å². The molecule has 0 radical (unpaired) electrons. The molecule has 1 aromatic carbocycles. The highest BCUT2D eigenvalue weighted by molar-refractivity contribution is 5.94. The second-order valence-corrected chi connectivity index (χ2v) is 10.9. The highest BCUT2D eigenvalue weighted by Crippen LogP contribution is 2.45. The van der Waals surface area contributed by atoms with Crippen molar-refractivity contribution in [3.8, 4) is 5.88 Å². The molecular formula is C29H33F3N6O2. The van der Waals surface area contributed by atoms with Crippen LogP contribution in [0.2, 0.25) is 0 Å². The first-order valence-electron chi connectivity index (χ1n) is 13.7. The van der Waals surface area contributed by atoms with Gasteiger partial charge in [-0.05, 0) is 55.7 Å². The van der Waals surface area contributed by atoms with Crippen molar-refractivity contribution in [1.29, 1.82) is 0 Å². The third-order valence-electron chi connectivity index (χ3n) is 8.38. The molecular weight excluding hydrogens is 521 g/mol. The largest absolute Gasteiger partial charge is 0.480 e. The number of halogens is 3. The fourth-order valence-electron chi connectivity index (χ4n) is 6.29. The van der Waals surface area contributed by atoms with E-state index in [-0.39, 0.29) is 29.7 Å². The summed E-state index contributed by atoms with van der Waals surface area (Å²) in [5, 5.41) is 4.66. The molecule has 1 saturated carbocycles. The molecule has 11 heteroatoms. The number of pyridine rings is 1. The van der Waals surface area contributed by atoms with E-state index in [0.29, 0.717) is 44.2 Å². The minimum absolute atomic E-state index is 0.0400. The van der Waals surface area contributed by atoms with Crippen molar-refractivity contribution in [2.24, 2.45) is 7.05 Å². The molecule has 8 nitrogen and oxygen atoms in total. The van der Waals surface area contributed by atoms with Crippen LogP contribution in [0.1, 0.15) is 66.8 Å². The van der Waals surface area contributed by atoms with Gasteiger partial charge in [0.25, 0.3) is 0 Å². The Labute approximate surface area is 231 Å². The zero-order valence-corrected chi connectivity index (χ0v) is 22.9. The second-order valence-electron chi connectivity index (χ2n) is 10.9. The minimum Gasteiger partial charge on any atom is -0.480 e. The van der Waals surface area contributed by atoms with Gasteiger partial charge in [0.15, 0.2) is 5.82 Å². The summed E-state index contributed by atoms with van der Waals surface area (Å²) in [7, 11) is 3.18. The number of benzene rings is 1. The predicted molar refractivity (Wildman–Crippen MR) is 144 cm³/mol. The monoisotopic (exact) mass is 554 g/mol. The quantitative estimate of drug-likeness (QED) is 0.380. The van der Waals surface area contributed by atoms with Crippen molar-refractivity contribution in [3.05, 3.63) is 65.0 Å². The lowest BCUT2D eigenvalue weighted by Gasteiger charge is -2.46. The first-order chi connectivity index (χ1) is 19.2. The van der Waals surface area contributed by atoms with Gasteiger partial charge in [-0.25, -0.2) is 9.78 Å². The van der Waals surface area contributed by atoms with E-state index in [1.807, 2.05) is 37.2 Å². The summed E-state index contributed by atoms with van der Waals surface area (Å²) in [5.74, 6) is 1.18. The van der Waals surface area contributed by atoms with Gasteiger partial charge in [0.2, 0.25) is 5.88 Å². The number of ether oxygens (including phenoxy) is 1. The standard InChI is InChI=1S/C29H33F3N6O2/c1-18-23-17-35(2)34-26(23)37(16-20-6-4-5-7-22(20)19-8-9-19)28(39)38(18)21-11-14-36(15-12-21)25-24(29(30,31)32)10-13-33-27(25)40-3/h4-7,10,13,17-19,21H,8-9,11-12,14-16H2,1-3H3. The molecule has 1 aliphatic carbocycles. The van der Waals surface area contributed by atoms with E-state index >= 15 is 0 Å². The van der Waals surface area contributed by atoms with Gasteiger partial charge in [-0.1, -0.05) is 24.3 Å². The molecule has 3 aliphatic rings. The highest BCUT2D eigenvalue weighted by atomic mass is 19.4. The number of anilines is 2. The van der Waals surface area contributed by atoms with Crippen molar-refractivity contribution in [3.63, 3.8) is 0 Å². The zero-order valence-electron chi connectivity index (χ0n) is 22.9. The summed E-state index contributed by atoms with van der Waals surface area (Å²) in [6, 6.07) is 8.83. The van der Waals surface area contributed by atoms with Gasteiger partial charge in [0.1, 0.15) is 5.69 Å². The first kappa shape index (κ1) is 26.5. The first-order valence-corrected chi connectivity index (χ1v) is 13.7. The van der Waals surface area contributed by atoms with Crippen LogP contribution in [0, 0.1) is 0 Å². The molecule has 1 saturated heterocycles. The second kappa shape index (κ2) is 10.0. The van der Waals surface area contributed by atoms with E-state index in [0.717, 1.165) is 23.4 Å². The van der Waals surface area contributed by atoms with Gasteiger partial charge in [-0.2, -0.15) is 18.3 Å². The number of fused-ring (bicyclic) bond motifs is 1. The summed E-state index contributed by atoms with van der Waals surface area (Å²) in [4.78, 5) is 23.6. The molecule has 1 unspecified atom stereocenters. The van der Waals surface area contributed by atoms with E-state index in [9.17, 15) is 18.0 Å². The number of hydrogen-bond acceptors (Lipinski definition) is 5. The number of hydrogen-bond donors (Lipinski definition) is 0. The molecule has 0 N–H and O–H groups in total.